The average molecular weight is 626 g/mol. The van der Waals surface area contributed by atoms with Crippen molar-refractivity contribution in [1.29, 1.82) is 0 Å². The molecule has 0 aliphatic heterocycles. The maximum atomic E-state index is 15.3. The highest BCUT2D eigenvalue weighted by atomic mass is 32.2. The lowest BCUT2D eigenvalue weighted by atomic mass is 9.95. The molecule has 13 heteroatoms. The van der Waals surface area contributed by atoms with Crippen molar-refractivity contribution in [3.63, 3.8) is 0 Å². The van der Waals surface area contributed by atoms with Crippen molar-refractivity contribution in [3.8, 4) is 26.8 Å². The highest BCUT2D eigenvalue weighted by molar-refractivity contribution is 7.80. The van der Waals surface area contributed by atoms with E-state index in [1.54, 1.807) is 16.8 Å². The van der Waals surface area contributed by atoms with Gasteiger partial charge in [0.05, 0.1) is 11.4 Å². The van der Waals surface area contributed by atoms with Gasteiger partial charge in [-0.05, 0) is 85.0 Å². The number of hydrogen-bond acceptors (Lipinski definition) is 7. The fourth-order valence-electron chi connectivity index (χ4n) is 4.81. The predicted octanol–water partition coefficient (Wildman–Crippen LogP) is 6.76. The Balaban J connectivity index is 1.54. The third kappa shape index (κ3) is 5.91. The molecule has 5 aromatic rings. The molecule has 0 spiro atoms. The van der Waals surface area contributed by atoms with Gasteiger partial charge in [0.2, 0.25) is 5.13 Å². The molecule has 1 saturated carbocycles. The van der Waals surface area contributed by atoms with E-state index in [1.807, 2.05) is 18.4 Å². The van der Waals surface area contributed by atoms with Crippen LogP contribution in [0.25, 0.3) is 26.8 Å². The number of nitrogens with one attached hydrogen (secondary N) is 1. The quantitative estimate of drug-likeness (QED) is 0.166. The molecule has 1 aliphatic rings. The number of carboxylic acid groups (broad SMARTS) is 1. The molecule has 8 nitrogen and oxygen atoms in total. The van der Waals surface area contributed by atoms with Crippen molar-refractivity contribution in [1.82, 2.24) is 14.8 Å². The van der Waals surface area contributed by atoms with Crippen LogP contribution in [0.4, 0.5) is 14.5 Å². The van der Waals surface area contributed by atoms with E-state index in [1.165, 1.54) is 34.9 Å². The van der Waals surface area contributed by atoms with Gasteiger partial charge in [0, 0.05) is 50.3 Å². The molecule has 216 valence electrons. The number of aromatic nitrogens is 3. The minimum Gasteiger partial charge on any atom is -0.755 e. The summed E-state index contributed by atoms with van der Waals surface area (Å²) in [6.07, 6.45) is 2.84. The summed E-state index contributed by atoms with van der Waals surface area (Å²) in [4.78, 5) is 16.7. The highest BCUT2D eigenvalue weighted by Gasteiger charge is 2.29. The van der Waals surface area contributed by atoms with Crippen LogP contribution < -0.4 is 4.72 Å². The number of thiazole rings is 1. The zero-order valence-electron chi connectivity index (χ0n) is 22.1. The molecule has 3 aromatic heterocycles. The number of rotatable bonds is 10. The lowest BCUT2D eigenvalue weighted by Gasteiger charge is -2.13. The molecule has 1 atom stereocenters. The summed E-state index contributed by atoms with van der Waals surface area (Å²) in [5.74, 6) is -1.74. The Kier molecular flexibility index (Phi) is 7.75. The molecule has 3 heterocycles. The molecule has 0 bridgehead atoms. The average Bonchev–Trinajstić information content (AvgIpc) is 3.29. The zero-order chi connectivity index (χ0) is 29.5. The molecule has 1 fully saturated rings. The lowest BCUT2D eigenvalue weighted by Crippen LogP contribution is -2.04. The molecule has 2 aromatic carbocycles. The minimum atomic E-state index is -2.60. The molecule has 0 radical (unpaired) electrons. The van der Waals surface area contributed by atoms with Gasteiger partial charge < -0.3 is 14.4 Å². The Labute approximate surface area is 250 Å². The van der Waals surface area contributed by atoms with Crippen molar-refractivity contribution in [2.75, 3.05) is 4.72 Å². The summed E-state index contributed by atoms with van der Waals surface area (Å²) in [6, 6.07) is 10.8. The van der Waals surface area contributed by atoms with E-state index in [4.69, 9.17) is 5.10 Å². The first kappa shape index (κ1) is 28.3. The van der Waals surface area contributed by atoms with Crippen LogP contribution in [0.15, 0.2) is 53.2 Å². The summed E-state index contributed by atoms with van der Waals surface area (Å²) < 4.78 is 56.2. The van der Waals surface area contributed by atoms with E-state index >= 15 is 8.78 Å². The van der Waals surface area contributed by atoms with Crippen LogP contribution in [-0.2, 0) is 24.1 Å². The maximum absolute atomic E-state index is 15.3. The third-order valence-corrected chi connectivity index (χ3v) is 9.30. The summed E-state index contributed by atoms with van der Waals surface area (Å²) in [5.41, 5.74) is 4.32. The molecule has 0 saturated heterocycles. The van der Waals surface area contributed by atoms with Crippen LogP contribution in [0.3, 0.4) is 0 Å². The fraction of sp³-hybridized carbons (Fsp3) is 0.207. The maximum Gasteiger partial charge on any atom is 0.355 e. The summed E-state index contributed by atoms with van der Waals surface area (Å²) in [7, 11) is 0. The number of carbonyl (C=O) groups is 1. The monoisotopic (exact) mass is 625 g/mol. The van der Waals surface area contributed by atoms with Gasteiger partial charge in [-0.2, -0.15) is 5.10 Å². The fourth-order valence-corrected chi connectivity index (χ4v) is 6.80. The van der Waals surface area contributed by atoms with E-state index in [0.29, 0.717) is 45.4 Å². The molecule has 1 unspecified atom stereocenters. The van der Waals surface area contributed by atoms with Crippen LogP contribution in [0, 0.1) is 24.5 Å². The number of hydrogen-bond donors (Lipinski definition) is 2. The number of aromatic carboxylic acids is 1. The number of nitrogens with zero attached hydrogens (tertiary/aromatic N) is 3. The van der Waals surface area contributed by atoms with Crippen LogP contribution >= 0.6 is 22.7 Å². The van der Waals surface area contributed by atoms with Gasteiger partial charge in [0.15, 0.2) is 5.69 Å². The predicted molar refractivity (Wildman–Crippen MR) is 158 cm³/mol. The van der Waals surface area contributed by atoms with Crippen molar-refractivity contribution >= 4 is 45.6 Å². The standard InChI is InChI=1S/C29H24F2N4O4S3/c1-15-8-26(40-13-15)20-11-18(5-7-22(20)30)27-21(10-17-4-6-19(12-23(17)31)34-42(38)39)24(9-16-2-3-16)33-35(27)29-32-25(14-41-29)28(36)37/h4-8,11-14,16,34H,2-3,9-10H2,1H3,(H,36,37)(H,38,39)/p-1. The van der Waals surface area contributed by atoms with E-state index < -0.39 is 28.9 Å². The number of aryl methyl sites for hydroxylation is 1. The Morgan fingerprint density at radius 1 is 1.14 bits per heavy atom. The third-order valence-electron chi connectivity index (χ3n) is 7.00. The second-order valence-corrected chi connectivity index (χ2v) is 12.6. The van der Waals surface area contributed by atoms with Crippen molar-refractivity contribution in [3.05, 3.63) is 92.9 Å². The second-order valence-electron chi connectivity index (χ2n) is 10.2. The number of benzene rings is 2. The Morgan fingerprint density at radius 3 is 2.60 bits per heavy atom. The van der Waals surface area contributed by atoms with Gasteiger partial charge in [-0.15, -0.1) is 22.7 Å². The number of anilines is 1. The zero-order valence-corrected chi connectivity index (χ0v) is 24.5. The van der Waals surface area contributed by atoms with E-state index in [-0.39, 0.29) is 17.8 Å². The summed E-state index contributed by atoms with van der Waals surface area (Å²) >= 11 is -0.0541. The van der Waals surface area contributed by atoms with Crippen molar-refractivity contribution in [2.24, 2.45) is 5.92 Å². The number of halogens is 2. The Hall–Kier alpha value is -3.78. The van der Waals surface area contributed by atoms with Crippen molar-refractivity contribution < 1.29 is 27.4 Å². The van der Waals surface area contributed by atoms with Crippen LogP contribution in [-0.4, -0.2) is 34.6 Å². The van der Waals surface area contributed by atoms with Gasteiger partial charge in [-0.3, -0.25) is 4.21 Å². The first-order valence-electron chi connectivity index (χ1n) is 13.0. The molecular weight excluding hydrogens is 603 g/mol. The molecule has 6 rings (SSSR count). The largest absolute Gasteiger partial charge is 0.755 e. The summed E-state index contributed by atoms with van der Waals surface area (Å²) in [6.45, 7) is 1.94. The number of thiophene rings is 1. The molecular formula is C29H23F2N4O4S3-. The smallest absolute Gasteiger partial charge is 0.355 e. The topological polar surface area (TPSA) is 120 Å². The van der Waals surface area contributed by atoms with Gasteiger partial charge in [0.1, 0.15) is 11.6 Å². The first-order valence-corrected chi connectivity index (χ1v) is 15.8. The number of carboxylic acids is 1. The van der Waals surface area contributed by atoms with Gasteiger partial charge in [-0.1, -0.05) is 6.07 Å². The van der Waals surface area contributed by atoms with Gasteiger partial charge >= 0.3 is 5.97 Å². The minimum absolute atomic E-state index is 0.0945. The van der Waals surface area contributed by atoms with Crippen LogP contribution in [0.5, 0.6) is 0 Å². The van der Waals surface area contributed by atoms with Crippen molar-refractivity contribution in [2.45, 2.75) is 32.6 Å². The molecule has 2 N–H and O–H groups in total. The molecule has 0 amide bonds. The Bertz CT molecular complexity index is 1840. The van der Waals surface area contributed by atoms with E-state index in [0.717, 1.165) is 46.4 Å². The van der Waals surface area contributed by atoms with Gasteiger partial charge in [-0.25, -0.2) is 23.2 Å². The lowest BCUT2D eigenvalue weighted by molar-refractivity contribution is 0.0691. The van der Waals surface area contributed by atoms with Crippen LogP contribution in [0.1, 0.15) is 45.7 Å². The van der Waals surface area contributed by atoms with Gasteiger partial charge in [0.25, 0.3) is 0 Å². The highest BCUT2D eigenvalue weighted by Crippen LogP contribution is 2.40. The molecule has 1 aliphatic carbocycles. The summed E-state index contributed by atoms with van der Waals surface area (Å²) in [5, 5.41) is 18.1. The van der Waals surface area contributed by atoms with E-state index in [9.17, 15) is 18.7 Å². The Morgan fingerprint density at radius 2 is 1.95 bits per heavy atom. The van der Waals surface area contributed by atoms with E-state index in [2.05, 4.69) is 9.71 Å². The van der Waals surface area contributed by atoms with Crippen LogP contribution in [0.2, 0.25) is 0 Å². The second kappa shape index (κ2) is 11.5. The first-order chi connectivity index (χ1) is 20.2. The SMILES string of the molecule is Cc1csc(-c2cc(-c3c(Cc4ccc(NS(=O)[O-])cc4F)c(CC4CC4)nn3-c3nc(C(=O)O)cs3)ccc2F)c1. The normalized spacial score (nSPS) is 13.8. The molecule has 42 heavy (non-hydrogen) atoms.